The predicted molar refractivity (Wildman–Crippen MR) is 144 cm³/mol. The van der Waals surface area contributed by atoms with Crippen molar-refractivity contribution < 1.29 is 38.5 Å². The molecule has 0 atom stereocenters. The fourth-order valence-electron chi connectivity index (χ4n) is 1.80. The second-order valence-corrected chi connectivity index (χ2v) is 7.35. The van der Waals surface area contributed by atoms with Crippen LogP contribution in [0.3, 0.4) is 0 Å². The molecule has 0 saturated carbocycles. The van der Waals surface area contributed by atoms with Gasteiger partial charge < -0.3 is 19.3 Å². The lowest BCUT2D eigenvalue weighted by Gasteiger charge is -2.00. The van der Waals surface area contributed by atoms with Gasteiger partial charge >= 0.3 is 23.9 Å². The van der Waals surface area contributed by atoms with E-state index in [1.54, 1.807) is 6.92 Å². The van der Waals surface area contributed by atoms with Gasteiger partial charge in [-0.25, -0.2) is 19.2 Å². The molecule has 0 aromatic rings. The highest BCUT2D eigenvalue weighted by atomic mass is 16.5. The number of rotatable bonds is 15. The fourth-order valence-corrected chi connectivity index (χ4v) is 1.80. The Labute approximate surface area is 222 Å². The van der Waals surface area contributed by atoms with Crippen LogP contribution in [0.25, 0.3) is 0 Å². The van der Waals surface area contributed by atoms with Crippen LogP contribution in [0.5, 0.6) is 0 Å². The number of methoxy groups -OCH3 is 1. The second-order valence-electron chi connectivity index (χ2n) is 7.35. The molecule has 0 aliphatic heterocycles. The zero-order valence-corrected chi connectivity index (χ0v) is 23.0. The average molecular weight is 524 g/mol. The minimum atomic E-state index is -1.02. The van der Waals surface area contributed by atoms with Gasteiger partial charge in [0.2, 0.25) is 0 Å². The summed E-state index contributed by atoms with van der Waals surface area (Å²) in [5.74, 6) is -2.01. The van der Waals surface area contributed by atoms with Gasteiger partial charge in [-0.2, -0.15) is 5.26 Å². The second kappa shape index (κ2) is 32.3. The van der Waals surface area contributed by atoms with E-state index in [2.05, 4.69) is 42.7 Å². The molecule has 0 radical (unpaired) electrons. The first-order chi connectivity index (χ1) is 17.5. The Morgan fingerprint density at radius 1 is 0.865 bits per heavy atom. The minimum absolute atomic E-state index is 0.0940. The van der Waals surface area contributed by atoms with Crippen LogP contribution in [0.15, 0.2) is 49.6 Å². The van der Waals surface area contributed by atoms with Crippen molar-refractivity contribution in [2.24, 2.45) is 0 Å². The largest absolute Gasteiger partial charge is 0.478 e. The molecule has 37 heavy (non-hydrogen) atoms. The number of nitriles is 1. The molecule has 1 N–H and O–H groups in total. The zero-order valence-electron chi connectivity index (χ0n) is 23.0. The minimum Gasteiger partial charge on any atom is -0.478 e. The summed E-state index contributed by atoms with van der Waals surface area (Å²) in [5.41, 5.74) is 0.527. The third-order valence-electron chi connectivity index (χ3n) is 3.94. The molecule has 0 bridgehead atoms. The first kappa shape index (κ1) is 40.5. The maximum atomic E-state index is 10.6. The number of nitrogens with zero attached hydrogens (tertiary/aromatic N) is 1. The summed E-state index contributed by atoms with van der Waals surface area (Å²) in [6.07, 6.45) is 10.7. The number of carboxylic acids is 1. The van der Waals surface area contributed by atoms with Gasteiger partial charge in [0.1, 0.15) is 0 Å². The number of unbranched alkanes of at least 4 members (excludes halogenated alkanes) is 5. The van der Waals surface area contributed by atoms with Crippen molar-refractivity contribution in [3.8, 4) is 6.07 Å². The Morgan fingerprint density at radius 2 is 1.32 bits per heavy atom. The molecule has 0 fully saturated rings. The maximum absolute atomic E-state index is 10.6. The van der Waals surface area contributed by atoms with Crippen molar-refractivity contribution in [1.29, 1.82) is 5.26 Å². The lowest BCUT2D eigenvalue weighted by molar-refractivity contribution is -0.138. The number of carbonyl (C=O) groups excluding carboxylic acids is 3. The monoisotopic (exact) mass is 523 g/mol. The van der Waals surface area contributed by atoms with Crippen LogP contribution in [-0.2, 0) is 33.4 Å². The van der Waals surface area contributed by atoms with E-state index >= 15 is 0 Å². The van der Waals surface area contributed by atoms with Gasteiger partial charge in [0.05, 0.1) is 26.4 Å². The van der Waals surface area contributed by atoms with E-state index in [-0.39, 0.29) is 36.3 Å². The van der Waals surface area contributed by atoms with Gasteiger partial charge in [0, 0.05) is 29.7 Å². The van der Waals surface area contributed by atoms with Crippen molar-refractivity contribution in [3.05, 3.63) is 49.6 Å². The normalized spacial score (nSPS) is 8.51. The van der Waals surface area contributed by atoms with Gasteiger partial charge in [-0.3, -0.25) is 0 Å². The van der Waals surface area contributed by atoms with E-state index in [0.717, 1.165) is 25.7 Å². The van der Waals surface area contributed by atoms with Gasteiger partial charge in [-0.1, -0.05) is 72.3 Å². The Hall–Kier alpha value is -3.67. The molecular weight excluding hydrogens is 478 g/mol. The van der Waals surface area contributed by atoms with E-state index in [4.69, 9.17) is 15.1 Å². The topological polar surface area (TPSA) is 140 Å². The third-order valence-corrected chi connectivity index (χ3v) is 3.94. The van der Waals surface area contributed by atoms with Crippen LogP contribution < -0.4 is 0 Å². The lowest BCUT2D eigenvalue weighted by atomic mass is 10.2. The van der Waals surface area contributed by atoms with Gasteiger partial charge in [0.25, 0.3) is 0 Å². The van der Waals surface area contributed by atoms with Crippen molar-refractivity contribution in [2.45, 2.75) is 78.6 Å². The molecule has 0 aliphatic rings. The molecule has 0 unspecified atom stereocenters. The zero-order chi connectivity index (χ0) is 29.5. The highest BCUT2D eigenvalue weighted by Crippen LogP contribution is 2.02. The van der Waals surface area contributed by atoms with Crippen LogP contribution in [0.4, 0.5) is 0 Å². The molecule has 0 heterocycles. The SMILES string of the molecule is C=C(C)C(=O)OC.C=C(CCC#N)C(=O)O.C=CC(=O)OCCCC.C=CC(=O)OCCCCCCC. The predicted octanol–water partition coefficient (Wildman–Crippen LogP) is 5.87. The highest BCUT2D eigenvalue weighted by molar-refractivity contribution is 5.86. The maximum Gasteiger partial charge on any atom is 0.332 e. The van der Waals surface area contributed by atoms with Crippen LogP contribution in [0.1, 0.15) is 78.6 Å². The summed E-state index contributed by atoms with van der Waals surface area (Å²) in [6.45, 7) is 20.0. The molecule has 0 aromatic heterocycles. The van der Waals surface area contributed by atoms with Gasteiger partial charge in [-0.05, 0) is 26.2 Å². The number of esters is 3. The van der Waals surface area contributed by atoms with Gasteiger partial charge in [-0.15, -0.1) is 0 Å². The summed E-state index contributed by atoms with van der Waals surface area (Å²) in [6, 6.07) is 1.83. The van der Waals surface area contributed by atoms with Crippen molar-refractivity contribution >= 4 is 23.9 Å². The number of carboxylic acid groups (broad SMARTS) is 1. The molecule has 0 rings (SSSR count). The third kappa shape index (κ3) is 39.8. The Kier molecular flexibility index (Phi) is 35.4. The van der Waals surface area contributed by atoms with E-state index < -0.39 is 5.97 Å². The number of carbonyl (C=O) groups is 4. The van der Waals surface area contributed by atoms with Crippen LogP contribution in [0.2, 0.25) is 0 Å². The van der Waals surface area contributed by atoms with Crippen molar-refractivity contribution in [2.75, 3.05) is 20.3 Å². The van der Waals surface area contributed by atoms with E-state index in [0.29, 0.717) is 18.8 Å². The Bertz CT molecular complexity index is 735. The summed E-state index contributed by atoms with van der Waals surface area (Å²) in [4.78, 5) is 41.1. The van der Waals surface area contributed by atoms with Gasteiger partial charge in [0.15, 0.2) is 0 Å². The summed E-state index contributed by atoms with van der Waals surface area (Å²) < 4.78 is 13.8. The summed E-state index contributed by atoms with van der Waals surface area (Å²) in [7, 11) is 1.33. The molecule has 0 aromatic carbocycles. The molecule has 210 valence electrons. The molecular formula is C28H45NO8. The Balaban J connectivity index is -0.000000200. The van der Waals surface area contributed by atoms with E-state index in [1.165, 1.54) is 38.5 Å². The van der Waals surface area contributed by atoms with Crippen LogP contribution in [0, 0.1) is 11.3 Å². The van der Waals surface area contributed by atoms with E-state index in [9.17, 15) is 19.2 Å². The summed E-state index contributed by atoms with van der Waals surface area (Å²) >= 11 is 0. The van der Waals surface area contributed by atoms with Crippen LogP contribution in [-0.4, -0.2) is 49.3 Å². The van der Waals surface area contributed by atoms with Crippen molar-refractivity contribution in [1.82, 2.24) is 0 Å². The fraction of sp³-hybridized carbons (Fsp3) is 0.536. The number of hydrogen-bond donors (Lipinski definition) is 1. The molecule has 0 saturated heterocycles. The molecule has 0 aliphatic carbocycles. The van der Waals surface area contributed by atoms with E-state index in [1.807, 2.05) is 13.0 Å². The quantitative estimate of drug-likeness (QED) is 0.121. The first-order valence-corrected chi connectivity index (χ1v) is 12.1. The number of hydrogen-bond acceptors (Lipinski definition) is 8. The molecule has 0 spiro atoms. The first-order valence-electron chi connectivity index (χ1n) is 12.1. The standard InChI is InChI=1S/C10H18O2.C7H12O2.C6H7NO2.C5H8O2/c1-3-5-6-7-8-9-12-10(11)4-2;1-3-5-6-9-7(8)4-2;1-5(6(8)9)3-2-4-7;1-4(2)5(6)7-3/h4H,2-3,5-9H2,1H3;4H,2-3,5-6H2,1H3;1-3H2,(H,8,9);1H2,2-3H3. The Morgan fingerprint density at radius 3 is 1.65 bits per heavy atom. The number of aliphatic carboxylic acids is 1. The van der Waals surface area contributed by atoms with Crippen molar-refractivity contribution in [3.63, 3.8) is 0 Å². The molecule has 0 amide bonds. The van der Waals surface area contributed by atoms with Crippen LogP contribution >= 0.6 is 0 Å². The average Bonchev–Trinajstić information content (AvgIpc) is 2.89. The smallest absolute Gasteiger partial charge is 0.332 e. The molecule has 9 heteroatoms. The highest BCUT2D eigenvalue weighted by Gasteiger charge is 2.01. The number of ether oxygens (including phenoxy) is 3. The summed E-state index contributed by atoms with van der Waals surface area (Å²) in [5, 5.41) is 16.2. The molecule has 9 nitrogen and oxygen atoms in total. The lowest BCUT2D eigenvalue weighted by Crippen LogP contribution is -2.01.